The van der Waals surface area contributed by atoms with Gasteiger partial charge in [-0.25, -0.2) is 0 Å². The highest BCUT2D eigenvalue weighted by atomic mass is 35.5. The second kappa shape index (κ2) is 6.34. The summed E-state index contributed by atoms with van der Waals surface area (Å²) >= 11 is 5.86. The first kappa shape index (κ1) is 16.9. The van der Waals surface area contributed by atoms with E-state index in [-0.39, 0.29) is 19.6 Å². The van der Waals surface area contributed by atoms with Crippen LogP contribution in [0, 0.1) is 11.8 Å². The van der Waals surface area contributed by atoms with Crippen molar-refractivity contribution in [1.82, 2.24) is 4.90 Å². The Hall–Kier alpha value is -1.47. The summed E-state index contributed by atoms with van der Waals surface area (Å²) < 4.78 is 44.2. The third-order valence-corrected chi connectivity index (χ3v) is 4.06. The molecule has 1 aromatic rings. The monoisotopic (exact) mass is 336 g/mol. The molecule has 8 heteroatoms. The van der Waals surface area contributed by atoms with Crippen LogP contribution >= 0.6 is 11.6 Å². The van der Waals surface area contributed by atoms with Crippen LogP contribution in [0.5, 0.6) is 5.75 Å². The molecule has 22 heavy (non-hydrogen) atoms. The number of ether oxygens (including phenoxy) is 1. The van der Waals surface area contributed by atoms with Gasteiger partial charge in [0.1, 0.15) is 5.75 Å². The lowest BCUT2D eigenvalue weighted by Crippen LogP contribution is -2.37. The summed E-state index contributed by atoms with van der Waals surface area (Å²) in [5, 5.41) is 0.477. The van der Waals surface area contributed by atoms with Crippen LogP contribution in [0.2, 0.25) is 5.02 Å². The molecule has 2 atom stereocenters. The zero-order chi connectivity index (χ0) is 16.5. The highest BCUT2D eigenvalue weighted by Crippen LogP contribution is 2.38. The van der Waals surface area contributed by atoms with Crippen molar-refractivity contribution in [3.05, 3.63) is 28.8 Å². The van der Waals surface area contributed by atoms with Crippen LogP contribution in [0.15, 0.2) is 18.2 Å². The Morgan fingerprint density at radius 1 is 1.45 bits per heavy atom. The fraction of sp³-hybridized carbons (Fsp3) is 0.500. The van der Waals surface area contributed by atoms with E-state index in [1.807, 2.05) is 0 Å². The number of halogens is 4. The first-order chi connectivity index (χ1) is 10.2. The molecule has 1 aliphatic rings. The number of hydrogen-bond acceptors (Lipinski definition) is 3. The average Bonchev–Trinajstić information content (AvgIpc) is 2.85. The highest BCUT2D eigenvalue weighted by Gasteiger charge is 2.51. The molecule has 1 saturated heterocycles. The van der Waals surface area contributed by atoms with Gasteiger partial charge in [-0.15, -0.1) is 0 Å². The number of nitrogens with zero attached hydrogens (tertiary/aromatic N) is 1. The standard InChI is InChI=1S/C14H16ClF3N2O2/c1-22-12-4-9(15)3-2-8(12)5-20-6-10(13(19)21)11(7-20)14(16,17)18/h2-4,10-11H,5-7H2,1H3,(H2,19,21)/t10-,11-/m1/s1. The lowest BCUT2D eigenvalue weighted by atomic mass is 9.95. The van der Waals surface area contributed by atoms with E-state index in [2.05, 4.69) is 0 Å². The highest BCUT2D eigenvalue weighted by molar-refractivity contribution is 6.30. The van der Waals surface area contributed by atoms with Crippen molar-refractivity contribution in [3.63, 3.8) is 0 Å². The van der Waals surface area contributed by atoms with Crippen molar-refractivity contribution in [1.29, 1.82) is 0 Å². The molecule has 1 aliphatic heterocycles. The minimum Gasteiger partial charge on any atom is -0.496 e. The van der Waals surface area contributed by atoms with Crippen LogP contribution in [0.4, 0.5) is 13.2 Å². The SMILES string of the molecule is COc1cc(Cl)ccc1CN1C[C@@H](C(F)(F)F)[C@H](C(N)=O)C1. The lowest BCUT2D eigenvalue weighted by Gasteiger charge is -2.19. The number of benzene rings is 1. The van der Waals surface area contributed by atoms with Crippen LogP contribution < -0.4 is 10.5 Å². The Morgan fingerprint density at radius 3 is 2.64 bits per heavy atom. The summed E-state index contributed by atoms with van der Waals surface area (Å²) in [5.74, 6) is -3.38. The number of carbonyl (C=O) groups is 1. The lowest BCUT2D eigenvalue weighted by molar-refractivity contribution is -0.182. The number of amides is 1. The Morgan fingerprint density at radius 2 is 2.14 bits per heavy atom. The Labute approximate surface area is 131 Å². The third kappa shape index (κ3) is 3.64. The largest absolute Gasteiger partial charge is 0.496 e. The number of primary amides is 1. The summed E-state index contributed by atoms with van der Waals surface area (Å²) in [7, 11) is 1.46. The van der Waals surface area contributed by atoms with Gasteiger partial charge < -0.3 is 10.5 Å². The molecule has 2 rings (SSSR count). The number of rotatable bonds is 4. The number of methoxy groups -OCH3 is 1. The van der Waals surface area contributed by atoms with Gasteiger partial charge in [-0.3, -0.25) is 9.69 Å². The van der Waals surface area contributed by atoms with Gasteiger partial charge in [-0.2, -0.15) is 13.2 Å². The number of likely N-dealkylation sites (tertiary alicyclic amines) is 1. The van der Waals surface area contributed by atoms with E-state index in [9.17, 15) is 18.0 Å². The maximum Gasteiger partial charge on any atom is 0.393 e. The summed E-state index contributed by atoms with van der Waals surface area (Å²) in [6, 6.07) is 4.93. The van der Waals surface area contributed by atoms with Crippen LogP contribution in [-0.4, -0.2) is 37.2 Å². The van der Waals surface area contributed by atoms with Crippen molar-refractivity contribution < 1.29 is 22.7 Å². The second-order valence-electron chi connectivity index (χ2n) is 5.31. The fourth-order valence-electron chi connectivity index (χ4n) is 2.72. The minimum atomic E-state index is -4.45. The van der Waals surface area contributed by atoms with Crippen LogP contribution in [0.1, 0.15) is 5.56 Å². The Kier molecular flexibility index (Phi) is 4.87. The number of nitrogens with two attached hydrogens (primary N) is 1. The molecule has 0 unspecified atom stereocenters. The zero-order valence-electron chi connectivity index (χ0n) is 11.9. The molecule has 2 N–H and O–H groups in total. The third-order valence-electron chi connectivity index (χ3n) is 3.82. The van der Waals surface area contributed by atoms with Crippen molar-refractivity contribution >= 4 is 17.5 Å². The molecule has 1 fully saturated rings. The summed E-state index contributed by atoms with van der Waals surface area (Å²) in [5.41, 5.74) is 5.82. The fourth-order valence-corrected chi connectivity index (χ4v) is 2.89. The summed E-state index contributed by atoms with van der Waals surface area (Å²) in [6.45, 7) is -0.0507. The normalized spacial score (nSPS) is 22.8. The van der Waals surface area contributed by atoms with E-state index < -0.39 is 23.9 Å². The molecule has 122 valence electrons. The summed E-state index contributed by atoms with van der Waals surface area (Å²) in [6.07, 6.45) is -4.45. The van der Waals surface area contributed by atoms with Crippen LogP contribution in [0.3, 0.4) is 0 Å². The van der Waals surface area contributed by atoms with Gasteiger partial charge >= 0.3 is 6.18 Å². The van der Waals surface area contributed by atoms with Crippen molar-refractivity contribution in [2.75, 3.05) is 20.2 Å². The molecule has 0 saturated carbocycles. The molecule has 0 bridgehead atoms. The van der Waals surface area contributed by atoms with Gasteiger partial charge in [-0.1, -0.05) is 17.7 Å². The van der Waals surface area contributed by atoms with Crippen LogP contribution in [-0.2, 0) is 11.3 Å². The maximum absolute atomic E-state index is 13.0. The molecular weight excluding hydrogens is 321 g/mol. The van der Waals surface area contributed by atoms with Crippen molar-refractivity contribution in [2.45, 2.75) is 12.7 Å². The average molecular weight is 337 g/mol. The molecule has 1 heterocycles. The maximum atomic E-state index is 13.0. The molecular formula is C14H16ClF3N2O2. The molecule has 0 radical (unpaired) electrons. The second-order valence-corrected chi connectivity index (χ2v) is 5.74. The predicted octanol–water partition coefficient (Wildman–Crippen LogP) is 2.44. The van der Waals surface area contributed by atoms with Gasteiger partial charge in [-0.05, 0) is 12.1 Å². The molecule has 0 spiro atoms. The van der Waals surface area contributed by atoms with Gasteiger partial charge in [0.2, 0.25) is 5.91 Å². The van der Waals surface area contributed by atoms with Crippen molar-refractivity contribution in [3.8, 4) is 5.75 Å². The van der Waals surface area contributed by atoms with E-state index in [1.165, 1.54) is 7.11 Å². The van der Waals surface area contributed by atoms with E-state index in [4.69, 9.17) is 22.1 Å². The minimum absolute atomic E-state index is 0.0225. The predicted molar refractivity (Wildman–Crippen MR) is 75.5 cm³/mol. The molecule has 0 aromatic heterocycles. The molecule has 4 nitrogen and oxygen atoms in total. The van der Waals surface area contributed by atoms with E-state index >= 15 is 0 Å². The number of alkyl halides is 3. The molecule has 0 aliphatic carbocycles. The first-order valence-electron chi connectivity index (χ1n) is 6.63. The topological polar surface area (TPSA) is 55.6 Å². The van der Waals surface area contributed by atoms with Gasteiger partial charge in [0.25, 0.3) is 0 Å². The smallest absolute Gasteiger partial charge is 0.393 e. The zero-order valence-corrected chi connectivity index (χ0v) is 12.6. The summed E-state index contributed by atoms with van der Waals surface area (Å²) in [4.78, 5) is 12.8. The van der Waals surface area contributed by atoms with E-state index in [0.717, 1.165) is 0 Å². The first-order valence-corrected chi connectivity index (χ1v) is 7.01. The van der Waals surface area contributed by atoms with Gasteiger partial charge in [0, 0.05) is 30.2 Å². The van der Waals surface area contributed by atoms with E-state index in [1.54, 1.807) is 23.1 Å². The molecule has 1 amide bonds. The van der Waals surface area contributed by atoms with Crippen LogP contribution in [0.25, 0.3) is 0 Å². The van der Waals surface area contributed by atoms with Gasteiger partial charge in [0.15, 0.2) is 0 Å². The van der Waals surface area contributed by atoms with E-state index in [0.29, 0.717) is 16.3 Å². The van der Waals surface area contributed by atoms with Crippen molar-refractivity contribution in [2.24, 2.45) is 17.6 Å². The number of hydrogen-bond donors (Lipinski definition) is 1. The van der Waals surface area contributed by atoms with Gasteiger partial charge in [0.05, 0.1) is 18.9 Å². The quantitative estimate of drug-likeness (QED) is 0.919. The Balaban J connectivity index is 2.17. The Bertz CT molecular complexity index is 566. The number of carbonyl (C=O) groups excluding carboxylic acids is 1. The molecule has 1 aromatic carbocycles.